The Kier molecular flexibility index (Phi) is 3.85. The van der Waals surface area contributed by atoms with Gasteiger partial charge in [-0.3, -0.25) is 10.2 Å². The van der Waals surface area contributed by atoms with Crippen molar-refractivity contribution in [2.24, 2.45) is 0 Å². The summed E-state index contributed by atoms with van der Waals surface area (Å²) >= 11 is 6.23. The summed E-state index contributed by atoms with van der Waals surface area (Å²) < 4.78 is 0. The maximum Gasteiger partial charge on any atom is 0.268 e. The monoisotopic (exact) mass is 300 g/mol. The standard InChI is InChI=1S/C15H13ClN4O/c16-13-11-6-7-17-14(11)18-9-12(13)15(21)20-19-8-10-4-2-1-3-5-10/h1-7,9,19H,8H2,(H,17,18)(H,20,21). The molecule has 0 fully saturated rings. The van der Waals surface area contributed by atoms with Crippen LogP contribution in [0.1, 0.15) is 15.9 Å². The van der Waals surface area contributed by atoms with E-state index in [1.165, 1.54) is 6.20 Å². The lowest BCUT2D eigenvalue weighted by atomic mass is 10.2. The molecule has 6 heteroatoms. The first kappa shape index (κ1) is 13.6. The number of halogens is 1. The molecule has 3 N–H and O–H groups in total. The minimum Gasteiger partial charge on any atom is -0.346 e. The van der Waals surface area contributed by atoms with Gasteiger partial charge >= 0.3 is 0 Å². The number of rotatable bonds is 4. The molecule has 0 saturated heterocycles. The van der Waals surface area contributed by atoms with E-state index < -0.39 is 0 Å². The molecule has 1 aromatic carbocycles. The zero-order valence-electron chi connectivity index (χ0n) is 11.1. The lowest BCUT2D eigenvalue weighted by molar-refractivity contribution is 0.0932. The molecule has 2 heterocycles. The molecule has 0 saturated carbocycles. The van der Waals surface area contributed by atoms with Crippen LogP contribution in [0.5, 0.6) is 0 Å². The fraction of sp³-hybridized carbons (Fsp3) is 0.0667. The zero-order chi connectivity index (χ0) is 14.7. The molecule has 106 valence electrons. The van der Waals surface area contributed by atoms with Crippen molar-refractivity contribution >= 4 is 28.5 Å². The minimum atomic E-state index is -0.313. The number of carbonyl (C=O) groups excluding carboxylic acids is 1. The first-order valence-electron chi connectivity index (χ1n) is 6.44. The molecule has 2 aromatic heterocycles. The van der Waals surface area contributed by atoms with Gasteiger partial charge in [-0.1, -0.05) is 41.9 Å². The summed E-state index contributed by atoms with van der Waals surface area (Å²) in [6.45, 7) is 0.532. The van der Waals surface area contributed by atoms with Crippen molar-refractivity contribution in [2.75, 3.05) is 0 Å². The van der Waals surface area contributed by atoms with Gasteiger partial charge in [0.25, 0.3) is 5.91 Å². The molecule has 5 nitrogen and oxygen atoms in total. The van der Waals surface area contributed by atoms with Crippen molar-refractivity contribution < 1.29 is 4.79 Å². The normalized spacial score (nSPS) is 10.7. The number of benzene rings is 1. The number of carbonyl (C=O) groups is 1. The SMILES string of the molecule is O=C(NNCc1ccccc1)c1cnc2[nH]ccc2c1Cl. The fourth-order valence-electron chi connectivity index (χ4n) is 2.02. The van der Waals surface area contributed by atoms with E-state index in [1.54, 1.807) is 12.3 Å². The van der Waals surface area contributed by atoms with Gasteiger partial charge in [0.1, 0.15) is 5.65 Å². The van der Waals surface area contributed by atoms with Crippen molar-refractivity contribution in [3.63, 3.8) is 0 Å². The van der Waals surface area contributed by atoms with Crippen molar-refractivity contribution in [1.82, 2.24) is 20.8 Å². The van der Waals surface area contributed by atoms with Gasteiger partial charge in [-0.2, -0.15) is 0 Å². The highest BCUT2D eigenvalue weighted by molar-refractivity contribution is 6.38. The molecule has 0 atom stereocenters. The van der Waals surface area contributed by atoms with E-state index in [4.69, 9.17) is 11.6 Å². The molecule has 21 heavy (non-hydrogen) atoms. The topological polar surface area (TPSA) is 69.8 Å². The first-order valence-corrected chi connectivity index (χ1v) is 6.82. The summed E-state index contributed by atoms with van der Waals surface area (Å²) in [5.41, 5.74) is 7.57. The second kappa shape index (κ2) is 5.95. The maximum absolute atomic E-state index is 12.1. The number of hydrazine groups is 1. The number of hydrogen-bond donors (Lipinski definition) is 3. The van der Waals surface area contributed by atoms with E-state index in [9.17, 15) is 4.79 Å². The molecule has 0 bridgehead atoms. The summed E-state index contributed by atoms with van der Waals surface area (Å²) in [5, 5.41) is 1.12. The van der Waals surface area contributed by atoms with Gasteiger partial charge in [0, 0.05) is 24.3 Å². The zero-order valence-corrected chi connectivity index (χ0v) is 11.8. The van der Waals surface area contributed by atoms with Crippen LogP contribution in [0, 0.1) is 0 Å². The smallest absolute Gasteiger partial charge is 0.268 e. The Hall–Kier alpha value is -2.37. The van der Waals surface area contributed by atoms with Gasteiger partial charge in [-0.15, -0.1) is 0 Å². The van der Waals surface area contributed by atoms with E-state index in [2.05, 4.69) is 20.8 Å². The van der Waals surface area contributed by atoms with Crippen molar-refractivity contribution in [2.45, 2.75) is 6.54 Å². The molecular weight excluding hydrogens is 288 g/mol. The highest BCUT2D eigenvalue weighted by Gasteiger charge is 2.14. The predicted octanol–water partition coefficient (Wildman–Crippen LogP) is 2.65. The Bertz CT molecular complexity index is 770. The van der Waals surface area contributed by atoms with Gasteiger partial charge in [-0.05, 0) is 11.6 Å². The van der Waals surface area contributed by atoms with Crippen molar-refractivity contribution in [1.29, 1.82) is 0 Å². The Labute approximate surface area is 126 Å². The summed E-state index contributed by atoms with van der Waals surface area (Å²) in [6.07, 6.45) is 3.19. The second-order valence-electron chi connectivity index (χ2n) is 4.52. The number of hydrogen-bond acceptors (Lipinski definition) is 3. The second-order valence-corrected chi connectivity index (χ2v) is 4.90. The third kappa shape index (κ3) is 2.89. The Balaban J connectivity index is 1.68. The van der Waals surface area contributed by atoms with Crippen LogP contribution in [0.15, 0.2) is 48.8 Å². The first-order chi connectivity index (χ1) is 10.3. The lowest BCUT2D eigenvalue weighted by Gasteiger charge is -2.08. The van der Waals surface area contributed by atoms with E-state index in [1.807, 2.05) is 30.3 Å². The van der Waals surface area contributed by atoms with Gasteiger partial charge in [0.15, 0.2) is 0 Å². The molecule has 0 radical (unpaired) electrons. The average molecular weight is 301 g/mol. The van der Waals surface area contributed by atoms with Crippen LogP contribution in [0.4, 0.5) is 0 Å². The van der Waals surface area contributed by atoms with Crippen LogP contribution in [0.3, 0.4) is 0 Å². The summed E-state index contributed by atoms with van der Waals surface area (Å²) in [7, 11) is 0. The molecule has 3 aromatic rings. The van der Waals surface area contributed by atoms with Crippen molar-refractivity contribution in [3.8, 4) is 0 Å². The Morgan fingerprint density at radius 2 is 2.05 bits per heavy atom. The van der Waals surface area contributed by atoms with Gasteiger partial charge in [-0.25, -0.2) is 10.4 Å². The average Bonchev–Trinajstić information content (AvgIpc) is 2.98. The maximum atomic E-state index is 12.1. The highest BCUT2D eigenvalue weighted by Crippen LogP contribution is 2.24. The van der Waals surface area contributed by atoms with E-state index in [-0.39, 0.29) is 5.91 Å². The van der Waals surface area contributed by atoms with Crippen molar-refractivity contribution in [3.05, 3.63) is 64.9 Å². The molecule has 0 aliphatic rings. The van der Waals surface area contributed by atoms with Crippen LogP contribution >= 0.6 is 11.6 Å². The quantitative estimate of drug-likeness (QED) is 0.649. The van der Waals surface area contributed by atoms with E-state index in [0.29, 0.717) is 22.8 Å². The van der Waals surface area contributed by atoms with Crippen LogP contribution in [-0.4, -0.2) is 15.9 Å². The molecule has 1 amide bonds. The highest BCUT2D eigenvalue weighted by atomic mass is 35.5. The summed E-state index contributed by atoms with van der Waals surface area (Å²) in [6, 6.07) is 11.6. The molecule has 0 spiro atoms. The number of nitrogens with one attached hydrogen (secondary N) is 3. The number of fused-ring (bicyclic) bond motifs is 1. The number of amides is 1. The molecule has 0 unspecified atom stereocenters. The van der Waals surface area contributed by atoms with Crippen LogP contribution in [-0.2, 0) is 6.54 Å². The molecule has 3 rings (SSSR count). The van der Waals surface area contributed by atoms with Gasteiger partial charge in [0.05, 0.1) is 10.6 Å². The van der Waals surface area contributed by atoms with Gasteiger partial charge in [0.2, 0.25) is 0 Å². The molecule has 0 aliphatic heterocycles. The number of pyridine rings is 1. The summed E-state index contributed by atoms with van der Waals surface area (Å²) in [4.78, 5) is 19.2. The Morgan fingerprint density at radius 1 is 1.24 bits per heavy atom. The molecular formula is C15H13ClN4O. The number of nitrogens with zero attached hydrogens (tertiary/aromatic N) is 1. The van der Waals surface area contributed by atoms with E-state index in [0.717, 1.165) is 10.9 Å². The van der Waals surface area contributed by atoms with Crippen LogP contribution in [0.25, 0.3) is 11.0 Å². The predicted molar refractivity (Wildman–Crippen MR) is 81.9 cm³/mol. The number of aromatic amines is 1. The number of H-pyrrole nitrogens is 1. The largest absolute Gasteiger partial charge is 0.346 e. The lowest BCUT2D eigenvalue weighted by Crippen LogP contribution is -2.37. The van der Waals surface area contributed by atoms with Gasteiger partial charge < -0.3 is 4.98 Å². The number of aromatic nitrogens is 2. The van der Waals surface area contributed by atoms with Crippen LogP contribution < -0.4 is 10.9 Å². The third-order valence-electron chi connectivity index (χ3n) is 3.10. The summed E-state index contributed by atoms with van der Waals surface area (Å²) in [5.74, 6) is -0.313. The van der Waals surface area contributed by atoms with Crippen LogP contribution in [0.2, 0.25) is 5.02 Å². The molecule has 0 aliphatic carbocycles. The third-order valence-corrected chi connectivity index (χ3v) is 3.51. The van der Waals surface area contributed by atoms with E-state index >= 15 is 0 Å². The minimum absolute atomic E-state index is 0.313. The Morgan fingerprint density at radius 3 is 2.86 bits per heavy atom. The fourth-order valence-corrected chi connectivity index (χ4v) is 2.31.